The van der Waals surface area contributed by atoms with E-state index >= 15 is 0 Å². The Hall–Kier alpha value is -1.72. The zero-order valence-electron chi connectivity index (χ0n) is 10.8. The first kappa shape index (κ1) is 14.2. The molecule has 3 aromatic rings. The Morgan fingerprint density at radius 3 is 2.52 bits per heavy atom. The van der Waals surface area contributed by atoms with E-state index in [1.54, 1.807) is 6.07 Å². The Morgan fingerprint density at radius 1 is 1.10 bits per heavy atom. The first-order valence-corrected chi connectivity index (χ1v) is 7.71. The second-order valence-corrected chi connectivity index (χ2v) is 5.34. The Balaban J connectivity index is 2.22. The summed E-state index contributed by atoms with van der Waals surface area (Å²) in [5, 5.41) is 9.22. The third-order valence-corrected chi connectivity index (χ3v) is 3.85. The van der Waals surface area contributed by atoms with E-state index in [4.69, 9.17) is 11.6 Å². The maximum atomic E-state index is 13.2. The summed E-state index contributed by atoms with van der Waals surface area (Å²) in [6, 6.07) is 14.0. The first-order valence-electron chi connectivity index (χ1n) is 6.22. The lowest BCUT2D eigenvalue weighted by Gasteiger charge is -2.10. The number of hydrogen-bond acceptors (Lipinski definition) is 2. The highest BCUT2D eigenvalue weighted by atomic mass is 79.9. The van der Waals surface area contributed by atoms with Crippen LogP contribution in [0.15, 0.2) is 48.5 Å². The third-order valence-electron chi connectivity index (χ3n) is 3.04. The molecule has 106 valence electrons. The molecule has 0 radical (unpaired) electrons. The molecular weight excluding hydrogens is 357 g/mol. The average molecular weight is 367 g/mol. The van der Waals surface area contributed by atoms with E-state index in [1.165, 1.54) is 12.1 Å². The summed E-state index contributed by atoms with van der Waals surface area (Å²) in [4.78, 5) is 0. The van der Waals surface area contributed by atoms with Crippen molar-refractivity contribution in [2.45, 2.75) is 5.33 Å². The Bertz CT molecular complexity index is 774. The van der Waals surface area contributed by atoms with Gasteiger partial charge in [0.2, 0.25) is 0 Å². The number of hydrogen-bond donors (Lipinski definition) is 0. The molecule has 0 aliphatic carbocycles. The normalized spacial score (nSPS) is 10.8. The van der Waals surface area contributed by atoms with Crippen molar-refractivity contribution in [3.05, 3.63) is 65.2 Å². The molecule has 0 unspecified atom stereocenters. The van der Waals surface area contributed by atoms with E-state index in [-0.39, 0.29) is 5.82 Å². The van der Waals surface area contributed by atoms with Gasteiger partial charge in [-0.3, -0.25) is 4.57 Å². The van der Waals surface area contributed by atoms with Gasteiger partial charge in [0.25, 0.3) is 0 Å². The number of nitrogens with zero attached hydrogens (tertiary/aromatic N) is 3. The molecule has 3 nitrogen and oxygen atoms in total. The monoisotopic (exact) mass is 365 g/mol. The smallest absolute Gasteiger partial charge is 0.170 e. The van der Waals surface area contributed by atoms with Gasteiger partial charge >= 0.3 is 0 Å². The first-order chi connectivity index (χ1) is 10.2. The Kier molecular flexibility index (Phi) is 4.03. The van der Waals surface area contributed by atoms with Crippen LogP contribution in [0.3, 0.4) is 0 Å². The number of halogens is 3. The van der Waals surface area contributed by atoms with Gasteiger partial charge in [-0.15, -0.1) is 10.2 Å². The van der Waals surface area contributed by atoms with Crippen LogP contribution in [-0.2, 0) is 5.33 Å². The molecule has 1 heterocycles. The number of alkyl halides is 1. The zero-order chi connectivity index (χ0) is 14.8. The fourth-order valence-electron chi connectivity index (χ4n) is 2.10. The molecule has 0 fully saturated rings. The molecule has 0 atom stereocenters. The minimum absolute atomic E-state index is 0.306. The number of benzene rings is 2. The van der Waals surface area contributed by atoms with E-state index in [9.17, 15) is 4.39 Å². The van der Waals surface area contributed by atoms with Gasteiger partial charge in [0.1, 0.15) is 11.6 Å². The maximum Gasteiger partial charge on any atom is 0.170 e. The highest BCUT2D eigenvalue weighted by Crippen LogP contribution is 2.30. The van der Waals surface area contributed by atoms with Crippen molar-refractivity contribution in [3.63, 3.8) is 0 Å². The van der Waals surface area contributed by atoms with Crippen molar-refractivity contribution in [2.75, 3.05) is 0 Å². The van der Waals surface area contributed by atoms with Crippen LogP contribution in [0.2, 0.25) is 5.02 Å². The summed E-state index contributed by atoms with van der Waals surface area (Å²) in [7, 11) is 0. The van der Waals surface area contributed by atoms with Crippen LogP contribution in [0.1, 0.15) is 5.82 Å². The topological polar surface area (TPSA) is 30.7 Å². The third kappa shape index (κ3) is 2.71. The second kappa shape index (κ2) is 5.95. The number of rotatable bonds is 3. The van der Waals surface area contributed by atoms with Crippen LogP contribution in [0, 0.1) is 5.82 Å². The molecule has 0 spiro atoms. The van der Waals surface area contributed by atoms with E-state index < -0.39 is 0 Å². The van der Waals surface area contributed by atoms with Crippen LogP contribution in [0.4, 0.5) is 4.39 Å². The maximum absolute atomic E-state index is 13.2. The molecule has 0 saturated heterocycles. The molecule has 0 aliphatic rings. The summed E-state index contributed by atoms with van der Waals surface area (Å²) < 4.78 is 15.1. The number of aromatic nitrogens is 3. The van der Waals surface area contributed by atoms with Crippen molar-refractivity contribution < 1.29 is 4.39 Å². The van der Waals surface area contributed by atoms with Crippen LogP contribution < -0.4 is 0 Å². The van der Waals surface area contributed by atoms with Gasteiger partial charge in [-0.2, -0.15) is 0 Å². The fraction of sp³-hybridized carbons (Fsp3) is 0.0667. The zero-order valence-corrected chi connectivity index (χ0v) is 13.1. The lowest BCUT2D eigenvalue weighted by Crippen LogP contribution is -2.01. The molecular formula is C15H10BrClFN3. The van der Waals surface area contributed by atoms with Crippen molar-refractivity contribution in [2.24, 2.45) is 0 Å². The molecule has 3 rings (SSSR count). The molecule has 1 aromatic heterocycles. The summed E-state index contributed by atoms with van der Waals surface area (Å²) in [6.07, 6.45) is 0. The molecule has 0 N–H and O–H groups in total. The molecule has 0 saturated carbocycles. The van der Waals surface area contributed by atoms with Gasteiger partial charge in [0.15, 0.2) is 5.82 Å². The van der Waals surface area contributed by atoms with E-state index in [2.05, 4.69) is 26.1 Å². The minimum atomic E-state index is -0.379. The van der Waals surface area contributed by atoms with Crippen LogP contribution in [0.25, 0.3) is 17.1 Å². The quantitative estimate of drug-likeness (QED) is 0.633. The Morgan fingerprint density at radius 2 is 1.86 bits per heavy atom. The lowest BCUT2D eigenvalue weighted by molar-refractivity contribution is 0.628. The molecule has 6 heteroatoms. The Labute approximate surface area is 134 Å². The predicted molar refractivity (Wildman–Crippen MR) is 84.4 cm³/mol. The molecule has 21 heavy (non-hydrogen) atoms. The molecule has 0 bridgehead atoms. The molecule has 2 aromatic carbocycles. The van der Waals surface area contributed by atoms with E-state index in [0.717, 1.165) is 11.5 Å². The number of para-hydroxylation sites is 1. The van der Waals surface area contributed by atoms with Gasteiger partial charge in [-0.1, -0.05) is 45.7 Å². The van der Waals surface area contributed by atoms with E-state index in [0.29, 0.717) is 21.7 Å². The predicted octanol–water partition coefficient (Wildman–Crippen LogP) is 4.62. The van der Waals surface area contributed by atoms with Gasteiger partial charge < -0.3 is 0 Å². The van der Waals surface area contributed by atoms with Gasteiger partial charge in [0.05, 0.1) is 10.4 Å². The van der Waals surface area contributed by atoms with Crippen molar-refractivity contribution in [3.8, 4) is 17.1 Å². The minimum Gasteiger partial charge on any atom is -0.278 e. The van der Waals surface area contributed by atoms with Gasteiger partial charge in [-0.25, -0.2) is 4.39 Å². The van der Waals surface area contributed by atoms with Crippen LogP contribution in [-0.4, -0.2) is 14.8 Å². The summed E-state index contributed by atoms with van der Waals surface area (Å²) >= 11 is 9.55. The molecule has 0 amide bonds. The van der Waals surface area contributed by atoms with Gasteiger partial charge in [0, 0.05) is 11.3 Å². The van der Waals surface area contributed by atoms with E-state index in [1.807, 2.05) is 34.9 Å². The summed E-state index contributed by atoms with van der Waals surface area (Å²) in [5.74, 6) is 0.951. The SMILES string of the molecule is Fc1ccc(-c2nnc(CBr)n2-c2ccccc2)c(Cl)c1. The van der Waals surface area contributed by atoms with Crippen molar-refractivity contribution >= 4 is 27.5 Å². The van der Waals surface area contributed by atoms with Gasteiger partial charge in [-0.05, 0) is 30.3 Å². The lowest BCUT2D eigenvalue weighted by atomic mass is 10.2. The van der Waals surface area contributed by atoms with Crippen molar-refractivity contribution in [1.29, 1.82) is 0 Å². The largest absolute Gasteiger partial charge is 0.278 e. The standard InChI is InChI=1S/C15H10BrClFN3/c16-9-14-19-20-15(12-7-6-10(18)8-13(12)17)21(14)11-4-2-1-3-5-11/h1-8H,9H2. The fourth-order valence-corrected chi connectivity index (χ4v) is 2.71. The highest BCUT2D eigenvalue weighted by molar-refractivity contribution is 9.08. The molecule has 0 aliphatic heterocycles. The average Bonchev–Trinajstić information content (AvgIpc) is 2.92. The van der Waals surface area contributed by atoms with Crippen molar-refractivity contribution in [1.82, 2.24) is 14.8 Å². The van der Waals surface area contributed by atoms with Crippen LogP contribution in [0.5, 0.6) is 0 Å². The highest BCUT2D eigenvalue weighted by Gasteiger charge is 2.17. The second-order valence-electron chi connectivity index (χ2n) is 4.37. The summed E-state index contributed by atoms with van der Waals surface area (Å²) in [6.45, 7) is 0. The summed E-state index contributed by atoms with van der Waals surface area (Å²) in [5.41, 5.74) is 1.56. The van der Waals surface area contributed by atoms with Crippen LogP contribution >= 0.6 is 27.5 Å².